The van der Waals surface area contributed by atoms with Crippen LogP contribution in [0.15, 0.2) is 24.3 Å². The molecule has 1 atom stereocenters. The van der Waals surface area contributed by atoms with Crippen LogP contribution in [0, 0.1) is 11.3 Å². The molecule has 1 rings (SSSR count). The molecule has 0 fully saturated rings. The van der Waals surface area contributed by atoms with Gasteiger partial charge in [0.2, 0.25) is 6.10 Å². The van der Waals surface area contributed by atoms with Gasteiger partial charge in [-0.2, -0.15) is 5.26 Å². The number of benzene rings is 1. The van der Waals surface area contributed by atoms with E-state index >= 15 is 0 Å². The van der Waals surface area contributed by atoms with Gasteiger partial charge < -0.3 is 9.47 Å². The van der Waals surface area contributed by atoms with E-state index in [4.69, 9.17) is 14.7 Å². The number of hydrogen-bond donors (Lipinski definition) is 0. The molecule has 4 nitrogen and oxygen atoms in total. The van der Waals surface area contributed by atoms with E-state index in [0.717, 1.165) is 0 Å². The molecule has 1 aromatic rings. The van der Waals surface area contributed by atoms with Gasteiger partial charge in [-0.05, 0) is 13.0 Å². The maximum atomic E-state index is 10.8. The molecule has 0 aliphatic rings. The molecule has 0 aliphatic heterocycles. The number of nitriles is 1. The van der Waals surface area contributed by atoms with Gasteiger partial charge in [0, 0.05) is 12.5 Å². The third kappa shape index (κ3) is 2.99. The lowest BCUT2D eigenvalue weighted by Crippen LogP contribution is -2.08. The highest BCUT2D eigenvalue weighted by Gasteiger charge is 2.17. The first-order valence-electron chi connectivity index (χ1n) is 4.97. The van der Waals surface area contributed by atoms with E-state index in [1.165, 1.54) is 6.92 Å². The van der Waals surface area contributed by atoms with Crippen molar-refractivity contribution in [2.75, 3.05) is 6.61 Å². The SMILES string of the molecule is CCOc1ccccc1C(C#N)OC(C)=O. The normalized spacial score (nSPS) is 11.3. The smallest absolute Gasteiger partial charge is 0.304 e. The van der Waals surface area contributed by atoms with E-state index in [1.807, 2.05) is 13.0 Å². The van der Waals surface area contributed by atoms with Crippen molar-refractivity contribution in [3.8, 4) is 11.8 Å². The van der Waals surface area contributed by atoms with Gasteiger partial charge in [0.1, 0.15) is 11.8 Å². The number of ether oxygens (including phenoxy) is 2. The van der Waals surface area contributed by atoms with Crippen molar-refractivity contribution in [1.29, 1.82) is 5.26 Å². The Labute approximate surface area is 94.4 Å². The van der Waals surface area contributed by atoms with Gasteiger partial charge in [-0.3, -0.25) is 4.79 Å². The molecule has 0 saturated carbocycles. The molecule has 1 aromatic carbocycles. The summed E-state index contributed by atoms with van der Waals surface area (Å²) in [4.78, 5) is 10.8. The number of rotatable bonds is 4. The zero-order valence-electron chi connectivity index (χ0n) is 9.27. The molecule has 0 aromatic heterocycles. The summed E-state index contributed by atoms with van der Waals surface area (Å²) in [7, 11) is 0. The number of hydrogen-bond acceptors (Lipinski definition) is 4. The molecule has 0 saturated heterocycles. The molecule has 0 radical (unpaired) electrons. The van der Waals surface area contributed by atoms with Crippen molar-refractivity contribution in [2.45, 2.75) is 20.0 Å². The number of nitrogens with zero attached hydrogens (tertiary/aromatic N) is 1. The van der Waals surface area contributed by atoms with E-state index in [-0.39, 0.29) is 0 Å². The first-order valence-corrected chi connectivity index (χ1v) is 4.97. The summed E-state index contributed by atoms with van der Waals surface area (Å²) in [5, 5.41) is 8.94. The summed E-state index contributed by atoms with van der Waals surface area (Å²) < 4.78 is 10.3. The zero-order chi connectivity index (χ0) is 12.0. The van der Waals surface area contributed by atoms with E-state index in [2.05, 4.69) is 0 Å². The quantitative estimate of drug-likeness (QED) is 0.728. The van der Waals surface area contributed by atoms with Crippen molar-refractivity contribution in [3.05, 3.63) is 29.8 Å². The van der Waals surface area contributed by atoms with Gasteiger partial charge in [0.15, 0.2) is 0 Å². The monoisotopic (exact) mass is 219 g/mol. The summed E-state index contributed by atoms with van der Waals surface area (Å²) in [5.41, 5.74) is 0.571. The van der Waals surface area contributed by atoms with Crippen LogP contribution < -0.4 is 4.74 Å². The molecule has 84 valence electrons. The molecule has 0 N–H and O–H groups in total. The second kappa shape index (κ2) is 5.76. The van der Waals surface area contributed by atoms with Crippen LogP contribution in [0.1, 0.15) is 25.5 Å². The van der Waals surface area contributed by atoms with Crippen molar-refractivity contribution in [3.63, 3.8) is 0 Å². The highest BCUT2D eigenvalue weighted by Crippen LogP contribution is 2.27. The standard InChI is InChI=1S/C12H13NO3/c1-3-15-11-7-5-4-6-10(11)12(8-13)16-9(2)14/h4-7,12H,3H2,1-2H3. The van der Waals surface area contributed by atoms with Crippen LogP contribution >= 0.6 is 0 Å². The highest BCUT2D eigenvalue weighted by atomic mass is 16.5. The van der Waals surface area contributed by atoms with Crippen LogP contribution in [0.5, 0.6) is 5.75 Å². The highest BCUT2D eigenvalue weighted by molar-refractivity contribution is 5.66. The second-order valence-electron chi connectivity index (χ2n) is 3.09. The molecular weight excluding hydrogens is 206 g/mol. The number of para-hydroxylation sites is 1. The lowest BCUT2D eigenvalue weighted by atomic mass is 10.1. The third-order valence-corrected chi connectivity index (χ3v) is 1.90. The Bertz CT molecular complexity index is 409. The zero-order valence-corrected chi connectivity index (χ0v) is 9.27. The maximum Gasteiger partial charge on any atom is 0.304 e. The number of esters is 1. The van der Waals surface area contributed by atoms with Gasteiger partial charge in [0.25, 0.3) is 0 Å². The average Bonchev–Trinajstić information content (AvgIpc) is 2.27. The Morgan fingerprint density at radius 3 is 2.75 bits per heavy atom. The summed E-state index contributed by atoms with van der Waals surface area (Å²) in [5.74, 6) is 0.0793. The van der Waals surface area contributed by atoms with Gasteiger partial charge in [0.05, 0.1) is 6.61 Å². The fourth-order valence-corrected chi connectivity index (χ4v) is 1.31. The minimum atomic E-state index is -0.916. The van der Waals surface area contributed by atoms with E-state index in [9.17, 15) is 4.79 Å². The van der Waals surface area contributed by atoms with Crippen LogP contribution in [0.3, 0.4) is 0 Å². The van der Waals surface area contributed by atoms with Gasteiger partial charge in [-0.1, -0.05) is 18.2 Å². The fraction of sp³-hybridized carbons (Fsp3) is 0.333. The van der Waals surface area contributed by atoms with Gasteiger partial charge in [-0.25, -0.2) is 0 Å². The molecule has 16 heavy (non-hydrogen) atoms. The Morgan fingerprint density at radius 2 is 2.19 bits per heavy atom. The van der Waals surface area contributed by atoms with E-state index in [0.29, 0.717) is 17.9 Å². The topological polar surface area (TPSA) is 59.3 Å². The molecule has 0 amide bonds. The Kier molecular flexibility index (Phi) is 4.34. The van der Waals surface area contributed by atoms with Gasteiger partial charge >= 0.3 is 5.97 Å². The summed E-state index contributed by atoms with van der Waals surface area (Å²) in [6.07, 6.45) is -0.916. The third-order valence-electron chi connectivity index (χ3n) is 1.90. The molecular formula is C12H13NO3. The minimum Gasteiger partial charge on any atom is -0.493 e. The summed E-state index contributed by atoms with van der Waals surface area (Å²) in [6.45, 7) is 3.62. The fourth-order valence-electron chi connectivity index (χ4n) is 1.31. The second-order valence-corrected chi connectivity index (χ2v) is 3.09. The molecule has 0 aliphatic carbocycles. The van der Waals surface area contributed by atoms with E-state index < -0.39 is 12.1 Å². The first-order chi connectivity index (χ1) is 7.69. The first kappa shape index (κ1) is 12.1. The molecule has 1 unspecified atom stereocenters. The van der Waals surface area contributed by atoms with Crippen LogP contribution in [0.25, 0.3) is 0 Å². The van der Waals surface area contributed by atoms with Crippen LogP contribution in [0.2, 0.25) is 0 Å². The summed E-state index contributed by atoms with van der Waals surface area (Å²) >= 11 is 0. The van der Waals surface area contributed by atoms with Crippen molar-refractivity contribution >= 4 is 5.97 Å². The number of carbonyl (C=O) groups is 1. The van der Waals surface area contributed by atoms with Crippen LogP contribution in [0.4, 0.5) is 0 Å². The van der Waals surface area contributed by atoms with Gasteiger partial charge in [-0.15, -0.1) is 0 Å². The predicted octanol–water partition coefficient (Wildman–Crippen LogP) is 2.21. The molecule has 0 bridgehead atoms. The van der Waals surface area contributed by atoms with Crippen molar-refractivity contribution in [1.82, 2.24) is 0 Å². The predicted molar refractivity (Wildman–Crippen MR) is 57.7 cm³/mol. The largest absolute Gasteiger partial charge is 0.493 e. The minimum absolute atomic E-state index is 0.488. The Hall–Kier alpha value is -2.02. The molecule has 4 heteroatoms. The van der Waals surface area contributed by atoms with Crippen LogP contribution in [-0.4, -0.2) is 12.6 Å². The Balaban J connectivity index is 3.00. The average molecular weight is 219 g/mol. The Morgan fingerprint density at radius 1 is 1.50 bits per heavy atom. The van der Waals surface area contributed by atoms with Crippen molar-refractivity contribution in [2.24, 2.45) is 0 Å². The molecule has 0 heterocycles. The molecule has 0 spiro atoms. The number of carbonyl (C=O) groups excluding carboxylic acids is 1. The summed E-state index contributed by atoms with van der Waals surface area (Å²) in [6, 6.07) is 8.95. The van der Waals surface area contributed by atoms with Crippen LogP contribution in [-0.2, 0) is 9.53 Å². The lowest BCUT2D eigenvalue weighted by Gasteiger charge is -2.14. The maximum absolute atomic E-state index is 10.8. The van der Waals surface area contributed by atoms with E-state index in [1.54, 1.807) is 24.3 Å². The lowest BCUT2D eigenvalue weighted by molar-refractivity contribution is -0.144. The van der Waals surface area contributed by atoms with Crippen molar-refractivity contribution < 1.29 is 14.3 Å².